The average molecular weight is 143 g/mol. The molecule has 0 saturated heterocycles. The summed E-state index contributed by atoms with van der Waals surface area (Å²) in [4.78, 5) is 10.3. The van der Waals surface area contributed by atoms with Gasteiger partial charge in [0, 0.05) is 0 Å². The van der Waals surface area contributed by atoms with Crippen molar-refractivity contribution in [1.29, 1.82) is 0 Å². The van der Waals surface area contributed by atoms with Gasteiger partial charge in [-0.05, 0) is 31.7 Å². The van der Waals surface area contributed by atoms with E-state index in [1.165, 1.54) is 0 Å². The highest BCUT2D eigenvalue weighted by Crippen LogP contribution is 2.35. The van der Waals surface area contributed by atoms with E-state index >= 15 is 0 Å². The van der Waals surface area contributed by atoms with Gasteiger partial charge in [-0.2, -0.15) is 0 Å². The van der Waals surface area contributed by atoms with Crippen molar-refractivity contribution in [2.75, 3.05) is 6.54 Å². The molecule has 1 rings (SSSR count). The van der Waals surface area contributed by atoms with Crippen molar-refractivity contribution in [3.05, 3.63) is 0 Å². The molecule has 0 unspecified atom stereocenters. The van der Waals surface area contributed by atoms with E-state index in [-0.39, 0.29) is 5.92 Å². The molecule has 1 saturated carbocycles. The van der Waals surface area contributed by atoms with E-state index in [1.54, 1.807) is 0 Å². The van der Waals surface area contributed by atoms with E-state index in [0.29, 0.717) is 12.5 Å². The average Bonchev–Trinajstić information content (AvgIpc) is 1.76. The number of carbonyl (C=O) groups is 1. The van der Waals surface area contributed by atoms with Gasteiger partial charge in [-0.1, -0.05) is 0 Å². The molecule has 0 spiro atoms. The van der Waals surface area contributed by atoms with Gasteiger partial charge < -0.3 is 10.8 Å². The Balaban J connectivity index is 2.12. The van der Waals surface area contributed by atoms with E-state index in [0.717, 1.165) is 19.3 Å². The third-order valence-corrected chi connectivity index (χ3v) is 2.16. The largest absolute Gasteiger partial charge is 0.481 e. The van der Waals surface area contributed by atoms with Crippen LogP contribution in [0.1, 0.15) is 19.3 Å². The van der Waals surface area contributed by atoms with Crippen LogP contribution in [-0.2, 0) is 4.79 Å². The van der Waals surface area contributed by atoms with Crippen molar-refractivity contribution in [3.8, 4) is 0 Å². The molecule has 58 valence electrons. The van der Waals surface area contributed by atoms with Crippen LogP contribution in [0.4, 0.5) is 0 Å². The molecule has 0 atom stereocenters. The number of hydrogen-bond donors (Lipinski definition) is 2. The Morgan fingerprint density at radius 1 is 1.60 bits per heavy atom. The standard InChI is InChI=1S/C7H13NO2/c8-2-1-5-3-6(4-5)7(9)10/h5-6H,1-4,8H2,(H,9,10). The van der Waals surface area contributed by atoms with Crippen LogP contribution in [0, 0.1) is 11.8 Å². The van der Waals surface area contributed by atoms with E-state index in [2.05, 4.69) is 0 Å². The van der Waals surface area contributed by atoms with Gasteiger partial charge in [0.1, 0.15) is 0 Å². The molecule has 0 bridgehead atoms. The van der Waals surface area contributed by atoms with Crippen LogP contribution >= 0.6 is 0 Å². The van der Waals surface area contributed by atoms with Crippen LogP contribution in [0.25, 0.3) is 0 Å². The maximum absolute atomic E-state index is 10.3. The summed E-state index contributed by atoms with van der Waals surface area (Å²) in [5.74, 6) is -0.129. The van der Waals surface area contributed by atoms with E-state index in [4.69, 9.17) is 10.8 Å². The third kappa shape index (κ3) is 1.48. The smallest absolute Gasteiger partial charge is 0.306 e. The molecule has 0 aromatic rings. The normalized spacial score (nSPS) is 31.3. The summed E-state index contributed by atoms with van der Waals surface area (Å²) in [6.07, 6.45) is 2.67. The number of carboxylic acid groups (broad SMARTS) is 1. The van der Waals surface area contributed by atoms with Crippen molar-refractivity contribution in [3.63, 3.8) is 0 Å². The maximum Gasteiger partial charge on any atom is 0.306 e. The highest BCUT2D eigenvalue weighted by atomic mass is 16.4. The minimum atomic E-state index is -0.645. The van der Waals surface area contributed by atoms with E-state index in [1.807, 2.05) is 0 Å². The van der Waals surface area contributed by atoms with Gasteiger partial charge in [-0.15, -0.1) is 0 Å². The molecule has 1 aliphatic carbocycles. The van der Waals surface area contributed by atoms with Crippen LogP contribution in [0.3, 0.4) is 0 Å². The zero-order valence-electron chi connectivity index (χ0n) is 5.92. The molecular weight excluding hydrogens is 130 g/mol. The van der Waals surface area contributed by atoms with Gasteiger partial charge in [0.05, 0.1) is 5.92 Å². The fourth-order valence-corrected chi connectivity index (χ4v) is 1.41. The van der Waals surface area contributed by atoms with Crippen LogP contribution in [0.5, 0.6) is 0 Å². The summed E-state index contributed by atoms with van der Waals surface area (Å²) in [7, 11) is 0. The number of nitrogens with two attached hydrogens (primary N) is 1. The van der Waals surface area contributed by atoms with Gasteiger partial charge >= 0.3 is 5.97 Å². The Labute approximate surface area is 60.2 Å². The monoisotopic (exact) mass is 143 g/mol. The quantitative estimate of drug-likeness (QED) is 0.602. The summed E-state index contributed by atoms with van der Waals surface area (Å²) in [6.45, 7) is 0.691. The first-order valence-electron chi connectivity index (χ1n) is 3.67. The zero-order chi connectivity index (χ0) is 7.56. The number of hydrogen-bond acceptors (Lipinski definition) is 2. The Morgan fingerprint density at radius 2 is 2.20 bits per heavy atom. The molecule has 0 aromatic carbocycles. The molecule has 1 fully saturated rings. The summed E-state index contributed by atoms with van der Waals surface area (Å²) >= 11 is 0. The molecule has 0 aliphatic heterocycles. The predicted molar refractivity (Wildman–Crippen MR) is 37.5 cm³/mol. The number of rotatable bonds is 3. The first-order valence-corrected chi connectivity index (χ1v) is 3.67. The lowest BCUT2D eigenvalue weighted by Gasteiger charge is -2.31. The zero-order valence-corrected chi connectivity index (χ0v) is 5.92. The lowest BCUT2D eigenvalue weighted by Crippen LogP contribution is -2.31. The molecule has 1 aliphatic rings. The van der Waals surface area contributed by atoms with Crippen molar-refractivity contribution >= 4 is 5.97 Å². The Bertz CT molecular complexity index is 130. The third-order valence-electron chi connectivity index (χ3n) is 2.16. The first kappa shape index (κ1) is 7.54. The minimum absolute atomic E-state index is 0.0726. The molecule has 3 N–H and O–H groups in total. The van der Waals surface area contributed by atoms with E-state index < -0.39 is 5.97 Å². The molecule has 3 heteroatoms. The topological polar surface area (TPSA) is 63.3 Å². The first-order chi connectivity index (χ1) is 4.74. The Kier molecular flexibility index (Phi) is 2.27. The summed E-state index contributed by atoms with van der Waals surface area (Å²) in [5, 5.41) is 8.49. The van der Waals surface area contributed by atoms with E-state index in [9.17, 15) is 4.79 Å². The van der Waals surface area contributed by atoms with Crippen LogP contribution in [-0.4, -0.2) is 17.6 Å². The number of carboxylic acids is 1. The Hall–Kier alpha value is -0.570. The number of aliphatic carboxylic acids is 1. The lowest BCUT2D eigenvalue weighted by atomic mass is 9.73. The molecular formula is C7H13NO2. The fourth-order valence-electron chi connectivity index (χ4n) is 1.41. The van der Waals surface area contributed by atoms with Crippen LogP contribution in [0.15, 0.2) is 0 Å². The minimum Gasteiger partial charge on any atom is -0.481 e. The Morgan fingerprint density at radius 3 is 2.60 bits per heavy atom. The van der Waals surface area contributed by atoms with Crippen LogP contribution in [0.2, 0.25) is 0 Å². The second-order valence-electron chi connectivity index (χ2n) is 2.95. The van der Waals surface area contributed by atoms with Crippen molar-refractivity contribution in [2.45, 2.75) is 19.3 Å². The van der Waals surface area contributed by atoms with Gasteiger partial charge in [0.15, 0.2) is 0 Å². The predicted octanol–water partition coefficient (Wildman–Crippen LogP) is 0.446. The van der Waals surface area contributed by atoms with Crippen molar-refractivity contribution in [1.82, 2.24) is 0 Å². The molecule has 3 nitrogen and oxygen atoms in total. The maximum atomic E-state index is 10.3. The SMILES string of the molecule is NCCC1CC(C(=O)O)C1. The second-order valence-corrected chi connectivity index (χ2v) is 2.95. The molecule has 0 aromatic heterocycles. The fraction of sp³-hybridized carbons (Fsp3) is 0.857. The van der Waals surface area contributed by atoms with Crippen molar-refractivity contribution in [2.24, 2.45) is 17.6 Å². The molecule has 0 amide bonds. The van der Waals surface area contributed by atoms with Crippen LogP contribution < -0.4 is 5.73 Å². The van der Waals surface area contributed by atoms with Gasteiger partial charge in [0.2, 0.25) is 0 Å². The summed E-state index contributed by atoms with van der Waals surface area (Å²) in [5.41, 5.74) is 5.31. The van der Waals surface area contributed by atoms with Crippen molar-refractivity contribution < 1.29 is 9.90 Å². The van der Waals surface area contributed by atoms with Gasteiger partial charge in [0.25, 0.3) is 0 Å². The second kappa shape index (κ2) is 3.01. The summed E-state index contributed by atoms with van der Waals surface area (Å²) in [6, 6.07) is 0. The molecule has 0 radical (unpaired) electrons. The molecule has 10 heavy (non-hydrogen) atoms. The lowest BCUT2D eigenvalue weighted by molar-refractivity contribution is -0.146. The summed E-state index contributed by atoms with van der Waals surface area (Å²) < 4.78 is 0. The highest BCUT2D eigenvalue weighted by Gasteiger charge is 2.33. The molecule has 0 heterocycles. The highest BCUT2D eigenvalue weighted by molar-refractivity contribution is 5.71. The van der Waals surface area contributed by atoms with Gasteiger partial charge in [-0.25, -0.2) is 0 Å². The van der Waals surface area contributed by atoms with Gasteiger partial charge in [-0.3, -0.25) is 4.79 Å².